The van der Waals surface area contributed by atoms with E-state index in [1.54, 1.807) is 0 Å². The highest BCUT2D eigenvalue weighted by molar-refractivity contribution is 5.27. The van der Waals surface area contributed by atoms with Crippen LogP contribution in [0.4, 0.5) is 13.2 Å². The number of rotatable bonds is 4. The molecule has 0 aliphatic heterocycles. The average Bonchev–Trinajstić information content (AvgIpc) is 2.75. The molecule has 0 bridgehead atoms. The van der Waals surface area contributed by atoms with Crippen LogP contribution in [0, 0.1) is 13.8 Å². The van der Waals surface area contributed by atoms with Gasteiger partial charge in [-0.25, -0.2) is 0 Å². The Morgan fingerprint density at radius 3 is 2.29 bits per heavy atom. The van der Waals surface area contributed by atoms with E-state index in [0.717, 1.165) is 34.7 Å². The topological polar surface area (TPSA) is 38.1 Å². The zero-order valence-corrected chi connectivity index (χ0v) is 12.1. The van der Waals surface area contributed by atoms with Crippen molar-refractivity contribution in [1.29, 1.82) is 0 Å². The summed E-state index contributed by atoms with van der Waals surface area (Å²) in [6.45, 7) is 6.15. The zero-order chi connectivity index (χ0) is 15.6. The van der Waals surface area contributed by atoms with Crippen LogP contribution < -0.4 is 5.32 Å². The third-order valence-corrected chi connectivity index (χ3v) is 3.50. The Bertz CT molecular complexity index is 583. The molecule has 1 aromatic carbocycles. The fourth-order valence-electron chi connectivity index (χ4n) is 2.09. The summed E-state index contributed by atoms with van der Waals surface area (Å²) in [6.07, 6.45) is -4.30. The van der Waals surface area contributed by atoms with Gasteiger partial charge in [-0.05, 0) is 38.5 Å². The van der Waals surface area contributed by atoms with Crippen LogP contribution in [0.2, 0.25) is 0 Å². The standard InChI is InChI=1S/C15H17F3N2O/c1-9(19-8-14-10(2)20-21-11(14)3)12-4-6-13(7-5-12)15(16,17)18/h4-7,9,19H,8H2,1-3H3. The molecule has 0 spiro atoms. The van der Waals surface area contributed by atoms with E-state index in [1.807, 2.05) is 20.8 Å². The van der Waals surface area contributed by atoms with Crippen LogP contribution in [0.25, 0.3) is 0 Å². The maximum atomic E-state index is 12.5. The van der Waals surface area contributed by atoms with E-state index in [-0.39, 0.29) is 6.04 Å². The third kappa shape index (κ3) is 3.64. The first kappa shape index (κ1) is 15.6. The summed E-state index contributed by atoms with van der Waals surface area (Å²) in [6, 6.07) is 5.12. The highest BCUT2D eigenvalue weighted by Gasteiger charge is 2.30. The van der Waals surface area contributed by atoms with Crippen molar-refractivity contribution < 1.29 is 17.7 Å². The summed E-state index contributed by atoms with van der Waals surface area (Å²) in [5.74, 6) is 0.750. The van der Waals surface area contributed by atoms with Gasteiger partial charge in [0.15, 0.2) is 0 Å². The number of benzene rings is 1. The van der Waals surface area contributed by atoms with E-state index in [2.05, 4.69) is 10.5 Å². The number of nitrogens with zero attached hydrogens (tertiary/aromatic N) is 1. The molecule has 21 heavy (non-hydrogen) atoms. The molecule has 0 fully saturated rings. The Labute approximate surface area is 121 Å². The van der Waals surface area contributed by atoms with E-state index in [4.69, 9.17) is 4.52 Å². The lowest BCUT2D eigenvalue weighted by Gasteiger charge is -2.15. The van der Waals surface area contributed by atoms with Crippen molar-refractivity contribution in [2.45, 2.75) is 39.5 Å². The molecule has 0 amide bonds. The van der Waals surface area contributed by atoms with Gasteiger partial charge in [-0.1, -0.05) is 17.3 Å². The number of aromatic nitrogens is 1. The summed E-state index contributed by atoms with van der Waals surface area (Å²) in [5.41, 5.74) is 1.97. The molecule has 0 aliphatic rings. The van der Waals surface area contributed by atoms with Crippen LogP contribution in [0.15, 0.2) is 28.8 Å². The normalized spacial score (nSPS) is 13.4. The molecule has 6 heteroatoms. The fraction of sp³-hybridized carbons (Fsp3) is 0.400. The van der Waals surface area contributed by atoms with Crippen LogP contribution in [0.5, 0.6) is 0 Å². The molecule has 0 saturated carbocycles. The van der Waals surface area contributed by atoms with Crippen molar-refractivity contribution in [3.8, 4) is 0 Å². The molecule has 2 aromatic rings. The SMILES string of the molecule is Cc1noc(C)c1CNC(C)c1ccc(C(F)(F)F)cc1. The van der Waals surface area contributed by atoms with Crippen LogP contribution >= 0.6 is 0 Å². The Morgan fingerprint density at radius 1 is 1.19 bits per heavy atom. The molecule has 1 N–H and O–H groups in total. The van der Waals surface area contributed by atoms with E-state index in [0.29, 0.717) is 6.54 Å². The van der Waals surface area contributed by atoms with Gasteiger partial charge in [-0.3, -0.25) is 0 Å². The van der Waals surface area contributed by atoms with Crippen molar-refractivity contribution >= 4 is 0 Å². The van der Waals surface area contributed by atoms with Crippen LogP contribution in [-0.2, 0) is 12.7 Å². The quantitative estimate of drug-likeness (QED) is 0.921. The van der Waals surface area contributed by atoms with Crippen molar-refractivity contribution in [1.82, 2.24) is 10.5 Å². The Hall–Kier alpha value is -1.82. The van der Waals surface area contributed by atoms with Gasteiger partial charge < -0.3 is 9.84 Å². The fourth-order valence-corrected chi connectivity index (χ4v) is 2.09. The van der Waals surface area contributed by atoms with Crippen molar-refractivity contribution in [3.05, 3.63) is 52.4 Å². The Kier molecular flexibility index (Phi) is 4.37. The van der Waals surface area contributed by atoms with Crippen molar-refractivity contribution in [2.24, 2.45) is 0 Å². The number of aryl methyl sites for hydroxylation is 2. The third-order valence-electron chi connectivity index (χ3n) is 3.50. The number of nitrogens with one attached hydrogen (secondary N) is 1. The molecule has 1 aromatic heterocycles. The van der Waals surface area contributed by atoms with Gasteiger partial charge in [0.2, 0.25) is 0 Å². The summed E-state index contributed by atoms with van der Waals surface area (Å²) in [7, 11) is 0. The van der Waals surface area contributed by atoms with Gasteiger partial charge in [-0.15, -0.1) is 0 Å². The lowest BCUT2D eigenvalue weighted by atomic mass is 10.1. The van der Waals surface area contributed by atoms with Crippen LogP contribution in [-0.4, -0.2) is 5.16 Å². The Morgan fingerprint density at radius 2 is 1.81 bits per heavy atom. The second-order valence-corrected chi connectivity index (χ2v) is 5.03. The molecule has 1 atom stereocenters. The minimum atomic E-state index is -4.30. The molecular formula is C15H17F3N2O. The van der Waals surface area contributed by atoms with E-state index < -0.39 is 11.7 Å². The van der Waals surface area contributed by atoms with Gasteiger partial charge in [0.1, 0.15) is 5.76 Å². The molecule has 114 valence electrons. The number of alkyl halides is 3. The monoisotopic (exact) mass is 298 g/mol. The molecule has 1 heterocycles. The number of halogens is 3. The van der Waals surface area contributed by atoms with E-state index >= 15 is 0 Å². The first-order valence-electron chi connectivity index (χ1n) is 6.61. The molecule has 0 aliphatic carbocycles. The van der Waals surface area contributed by atoms with Gasteiger partial charge >= 0.3 is 6.18 Å². The molecule has 2 rings (SSSR count). The van der Waals surface area contributed by atoms with Crippen molar-refractivity contribution in [3.63, 3.8) is 0 Å². The Balaban J connectivity index is 2.02. The average molecular weight is 298 g/mol. The second kappa shape index (κ2) is 5.89. The molecular weight excluding hydrogens is 281 g/mol. The molecule has 1 unspecified atom stereocenters. The molecule has 0 radical (unpaired) electrons. The summed E-state index contributed by atoms with van der Waals surface area (Å²) in [5, 5.41) is 7.13. The minimum Gasteiger partial charge on any atom is -0.361 e. The van der Waals surface area contributed by atoms with Crippen LogP contribution in [0.3, 0.4) is 0 Å². The van der Waals surface area contributed by atoms with Gasteiger partial charge in [0.25, 0.3) is 0 Å². The number of hydrogen-bond acceptors (Lipinski definition) is 3. The molecule has 0 saturated heterocycles. The summed E-state index contributed by atoms with van der Waals surface area (Å²) < 4.78 is 42.6. The predicted molar refractivity (Wildman–Crippen MR) is 72.7 cm³/mol. The predicted octanol–water partition coefficient (Wildman–Crippen LogP) is 4.16. The first-order chi connectivity index (χ1) is 9.79. The highest BCUT2D eigenvalue weighted by Crippen LogP contribution is 2.30. The minimum absolute atomic E-state index is 0.0685. The van der Waals surface area contributed by atoms with Gasteiger partial charge in [-0.2, -0.15) is 13.2 Å². The molecule has 3 nitrogen and oxygen atoms in total. The lowest BCUT2D eigenvalue weighted by molar-refractivity contribution is -0.137. The first-order valence-corrected chi connectivity index (χ1v) is 6.61. The number of hydrogen-bond donors (Lipinski definition) is 1. The van der Waals surface area contributed by atoms with Crippen molar-refractivity contribution in [2.75, 3.05) is 0 Å². The maximum absolute atomic E-state index is 12.5. The largest absolute Gasteiger partial charge is 0.416 e. The van der Waals surface area contributed by atoms with Gasteiger partial charge in [0, 0.05) is 18.2 Å². The van der Waals surface area contributed by atoms with E-state index in [9.17, 15) is 13.2 Å². The summed E-state index contributed by atoms with van der Waals surface area (Å²) >= 11 is 0. The zero-order valence-electron chi connectivity index (χ0n) is 12.1. The highest BCUT2D eigenvalue weighted by atomic mass is 19.4. The second-order valence-electron chi connectivity index (χ2n) is 5.03. The van der Waals surface area contributed by atoms with E-state index in [1.165, 1.54) is 12.1 Å². The van der Waals surface area contributed by atoms with Gasteiger partial charge in [0.05, 0.1) is 11.3 Å². The smallest absolute Gasteiger partial charge is 0.361 e. The summed E-state index contributed by atoms with van der Waals surface area (Å²) in [4.78, 5) is 0. The maximum Gasteiger partial charge on any atom is 0.416 e. The van der Waals surface area contributed by atoms with Crippen LogP contribution in [0.1, 0.15) is 41.1 Å². The lowest BCUT2D eigenvalue weighted by Crippen LogP contribution is -2.19.